The predicted molar refractivity (Wildman–Crippen MR) is 66.8 cm³/mol. The lowest BCUT2D eigenvalue weighted by Gasteiger charge is -2.09. The van der Waals surface area contributed by atoms with E-state index >= 15 is 0 Å². The smallest absolute Gasteiger partial charge is 0.179 e. The van der Waals surface area contributed by atoms with Crippen molar-refractivity contribution >= 4 is 23.5 Å². The zero-order valence-electron chi connectivity index (χ0n) is 9.53. The van der Waals surface area contributed by atoms with E-state index in [2.05, 4.69) is 0 Å². The van der Waals surface area contributed by atoms with Crippen molar-refractivity contribution in [2.45, 2.75) is 13.3 Å². The summed E-state index contributed by atoms with van der Waals surface area (Å²) in [5, 5.41) is 0.507. The number of carbonyl (C=O) groups excluding carboxylic acids is 1. The Hall–Kier alpha value is -1.48. The van der Waals surface area contributed by atoms with Crippen LogP contribution in [-0.4, -0.2) is 19.0 Å². The lowest BCUT2D eigenvalue weighted by molar-refractivity contribution is -0.112. The number of ether oxygens (including phenoxy) is 2. The highest BCUT2D eigenvalue weighted by Gasteiger charge is 2.14. The largest absolute Gasteiger partial charge is 0.489 e. The molecule has 1 aromatic rings. The second-order valence-corrected chi connectivity index (χ2v) is 4.23. The first-order valence-electron chi connectivity index (χ1n) is 5.44. The van der Waals surface area contributed by atoms with Crippen LogP contribution >= 0.6 is 11.6 Å². The molecule has 0 unspecified atom stereocenters. The van der Waals surface area contributed by atoms with Crippen molar-refractivity contribution in [3.63, 3.8) is 0 Å². The molecule has 0 atom stereocenters. The summed E-state index contributed by atoms with van der Waals surface area (Å²) in [5.74, 6) is 1.22. The molecule has 0 aromatic heterocycles. The second kappa shape index (κ2) is 5.23. The summed E-state index contributed by atoms with van der Waals surface area (Å²) in [6.07, 6.45) is 4.04. The Bertz CT molecular complexity index is 466. The first kappa shape index (κ1) is 12.0. The number of hydrogen-bond acceptors (Lipinski definition) is 3. The maximum absolute atomic E-state index is 10.9. The van der Waals surface area contributed by atoms with Crippen LogP contribution in [0.2, 0.25) is 5.02 Å². The Labute approximate surface area is 105 Å². The highest BCUT2D eigenvalue weighted by molar-refractivity contribution is 6.32. The highest BCUT2D eigenvalue weighted by Crippen LogP contribution is 2.38. The van der Waals surface area contributed by atoms with Crippen LogP contribution in [0.5, 0.6) is 11.5 Å². The molecular weight excluding hydrogens is 240 g/mol. The molecule has 0 bridgehead atoms. The second-order valence-electron chi connectivity index (χ2n) is 3.82. The minimum absolute atomic E-state index is 0.00627. The first-order chi connectivity index (χ1) is 8.16. The van der Waals surface area contributed by atoms with Crippen LogP contribution in [0.3, 0.4) is 0 Å². The van der Waals surface area contributed by atoms with Crippen molar-refractivity contribution in [1.82, 2.24) is 0 Å². The Kier molecular flexibility index (Phi) is 3.69. The third-order valence-electron chi connectivity index (χ3n) is 2.33. The molecule has 17 heavy (non-hydrogen) atoms. The molecule has 2 rings (SSSR count). The highest BCUT2D eigenvalue weighted by atomic mass is 35.5. The monoisotopic (exact) mass is 252 g/mol. The quantitative estimate of drug-likeness (QED) is 0.759. The normalized spacial score (nSPS) is 14.7. The van der Waals surface area contributed by atoms with E-state index in [1.54, 1.807) is 12.1 Å². The molecular formula is C13H13ClO3. The van der Waals surface area contributed by atoms with Crippen molar-refractivity contribution in [3.05, 3.63) is 28.8 Å². The molecule has 0 saturated carbocycles. The molecule has 0 radical (unpaired) electrons. The van der Waals surface area contributed by atoms with Crippen molar-refractivity contribution in [2.24, 2.45) is 0 Å². The van der Waals surface area contributed by atoms with Crippen molar-refractivity contribution in [1.29, 1.82) is 0 Å². The predicted octanol–water partition coefficient (Wildman–Crippen LogP) is 3.10. The van der Waals surface area contributed by atoms with Crippen LogP contribution in [0.15, 0.2) is 18.2 Å². The van der Waals surface area contributed by atoms with Gasteiger partial charge in [0.1, 0.15) is 0 Å². The summed E-state index contributed by atoms with van der Waals surface area (Å²) < 4.78 is 11.1. The van der Waals surface area contributed by atoms with Gasteiger partial charge in [-0.25, -0.2) is 0 Å². The van der Waals surface area contributed by atoms with Gasteiger partial charge in [0, 0.05) is 6.42 Å². The van der Waals surface area contributed by atoms with E-state index < -0.39 is 0 Å². The number of rotatable bonds is 2. The van der Waals surface area contributed by atoms with E-state index in [9.17, 15) is 4.79 Å². The topological polar surface area (TPSA) is 35.5 Å². The van der Waals surface area contributed by atoms with Gasteiger partial charge in [0.2, 0.25) is 0 Å². The average molecular weight is 253 g/mol. The van der Waals surface area contributed by atoms with Crippen molar-refractivity contribution in [2.75, 3.05) is 13.2 Å². The van der Waals surface area contributed by atoms with Gasteiger partial charge in [-0.15, -0.1) is 0 Å². The number of ketones is 1. The number of hydrogen-bond donors (Lipinski definition) is 0. The maximum Gasteiger partial charge on any atom is 0.179 e. The van der Waals surface area contributed by atoms with Crippen molar-refractivity contribution < 1.29 is 14.3 Å². The van der Waals surface area contributed by atoms with Crippen LogP contribution in [0, 0.1) is 0 Å². The Morgan fingerprint density at radius 2 is 2.12 bits per heavy atom. The molecule has 1 aliphatic rings. The molecule has 0 spiro atoms. The molecule has 90 valence electrons. The minimum Gasteiger partial charge on any atom is -0.489 e. The fourth-order valence-corrected chi connectivity index (χ4v) is 1.83. The van der Waals surface area contributed by atoms with Crippen LogP contribution in [0.4, 0.5) is 0 Å². The summed E-state index contributed by atoms with van der Waals surface area (Å²) in [6.45, 7) is 2.72. The maximum atomic E-state index is 10.9. The van der Waals surface area contributed by atoms with Gasteiger partial charge in [0.05, 0.1) is 18.2 Å². The number of benzene rings is 1. The van der Waals surface area contributed by atoms with E-state index in [1.807, 2.05) is 6.07 Å². The van der Waals surface area contributed by atoms with Gasteiger partial charge in [-0.05, 0) is 30.7 Å². The summed E-state index contributed by atoms with van der Waals surface area (Å²) in [7, 11) is 0. The number of allylic oxidation sites excluding steroid dienone is 1. The molecule has 0 amide bonds. The van der Waals surface area contributed by atoms with Crippen LogP contribution in [-0.2, 0) is 4.79 Å². The lowest BCUT2D eigenvalue weighted by atomic mass is 10.1. The van der Waals surface area contributed by atoms with E-state index in [4.69, 9.17) is 21.1 Å². The zero-order chi connectivity index (χ0) is 12.3. The Morgan fingerprint density at radius 3 is 2.88 bits per heavy atom. The van der Waals surface area contributed by atoms with Gasteiger partial charge in [-0.3, -0.25) is 4.79 Å². The lowest BCUT2D eigenvalue weighted by Crippen LogP contribution is -1.97. The molecule has 0 saturated heterocycles. The summed E-state index contributed by atoms with van der Waals surface area (Å²) in [6, 6.07) is 3.58. The molecule has 3 nitrogen and oxygen atoms in total. The van der Waals surface area contributed by atoms with Gasteiger partial charge >= 0.3 is 0 Å². The van der Waals surface area contributed by atoms with Crippen LogP contribution in [0.25, 0.3) is 6.08 Å². The van der Waals surface area contributed by atoms with E-state index in [0.717, 1.165) is 12.0 Å². The molecule has 1 aliphatic heterocycles. The van der Waals surface area contributed by atoms with Gasteiger partial charge in [0.15, 0.2) is 17.3 Å². The van der Waals surface area contributed by atoms with Gasteiger partial charge in [-0.2, -0.15) is 0 Å². The summed E-state index contributed by atoms with van der Waals surface area (Å²) in [4.78, 5) is 10.9. The molecule has 4 heteroatoms. The first-order valence-corrected chi connectivity index (χ1v) is 5.82. The Balaban J connectivity index is 2.35. The number of halogens is 1. The Morgan fingerprint density at radius 1 is 1.35 bits per heavy atom. The molecule has 1 aromatic carbocycles. The average Bonchev–Trinajstić information content (AvgIpc) is 2.51. The van der Waals surface area contributed by atoms with E-state index in [0.29, 0.717) is 29.7 Å². The molecule has 0 N–H and O–H groups in total. The number of fused-ring (bicyclic) bond motifs is 1. The van der Waals surface area contributed by atoms with E-state index in [-0.39, 0.29) is 5.78 Å². The van der Waals surface area contributed by atoms with Crippen molar-refractivity contribution in [3.8, 4) is 11.5 Å². The fraction of sp³-hybridized carbons (Fsp3) is 0.308. The summed E-state index contributed by atoms with van der Waals surface area (Å²) >= 11 is 6.11. The van der Waals surface area contributed by atoms with Crippen LogP contribution in [0.1, 0.15) is 18.9 Å². The SMILES string of the molecule is CC(=O)C=Cc1cc(Cl)c2c(c1)OCCCO2. The molecule has 1 heterocycles. The standard InChI is InChI=1S/C13H13ClO3/c1-9(15)3-4-10-7-11(14)13-12(8-10)16-5-2-6-17-13/h3-4,7-8H,2,5-6H2,1H3. The van der Waals surface area contributed by atoms with Gasteiger partial charge < -0.3 is 9.47 Å². The number of carbonyl (C=O) groups is 1. The van der Waals surface area contributed by atoms with Crippen LogP contribution < -0.4 is 9.47 Å². The van der Waals surface area contributed by atoms with E-state index in [1.165, 1.54) is 13.0 Å². The molecule has 0 aliphatic carbocycles. The zero-order valence-corrected chi connectivity index (χ0v) is 10.3. The fourth-order valence-electron chi connectivity index (χ4n) is 1.56. The van der Waals surface area contributed by atoms with Gasteiger partial charge in [0.25, 0.3) is 0 Å². The van der Waals surface area contributed by atoms with Gasteiger partial charge in [-0.1, -0.05) is 17.7 Å². The molecule has 0 fully saturated rings. The third-order valence-corrected chi connectivity index (χ3v) is 2.62. The summed E-state index contributed by atoms with van der Waals surface area (Å²) in [5.41, 5.74) is 0.828. The third kappa shape index (κ3) is 3.01. The minimum atomic E-state index is -0.00627.